The molecule has 172 valence electrons. The largest absolute Gasteiger partial charge is 0.388 e. The SMILES string of the molecule is C=Cc1c(CN(C(=C)C2CNCCO2)C2CC2)cn(CCCNC=O)c1N=C.COC. The Kier molecular flexibility index (Phi) is 10.5. The zero-order chi connectivity index (χ0) is 22.6. The van der Waals surface area contributed by atoms with E-state index in [-0.39, 0.29) is 6.10 Å². The molecule has 2 heterocycles. The number of hydrogen-bond donors (Lipinski definition) is 2. The van der Waals surface area contributed by atoms with Gasteiger partial charge in [0.05, 0.1) is 6.61 Å². The van der Waals surface area contributed by atoms with Crippen LogP contribution in [0.1, 0.15) is 30.4 Å². The first-order chi connectivity index (χ1) is 15.1. The van der Waals surface area contributed by atoms with Crippen molar-refractivity contribution >= 4 is 25.0 Å². The van der Waals surface area contributed by atoms with Crippen LogP contribution in [0.2, 0.25) is 0 Å². The number of aromatic nitrogens is 1. The number of carbonyl (C=O) groups is 1. The van der Waals surface area contributed by atoms with Gasteiger partial charge in [-0.05, 0) is 31.5 Å². The average molecular weight is 432 g/mol. The number of rotatable bonds is 12. The molecule has 31 heavy (non-hydrogen) atoms. The van der Waals surface area contributed by atoms with Crippen LogP contribution in [0.3, 0.4) is 0 Å². The first kappa shape index (κ1) is 24.8. The minimum atomic E-state index is 0.0232. The number of amides is 1. The van der Waals surface area contributed by atoms with Crippen LogP contribution in [0.4, 0.5) is 5.82 Å². The molecule has 3 rings (SSSR count). The summed E-state index contributed by atoms with van der Waals surface area (Å²) in [6.45, 7) is 16.7. The number of nitrogens with one attached hydrogen (secondary N) is 2. The number of nitrogens with zero attached hydrogens (tertiary/aromatic N) is 3. The van der Waals surface area contributed by atoms with Crippen molar-refractivity contribution in [3.63, 3.8) is 0 Å². The number of morpholine rings is 1. The number of aryl methyl sites for hydroxylation is 1. The molecule has 2 N–H and O–H groups in total. The molecule has 2 aliphatic rings. The molecule has 1 atom stereocenters. The third-order valence-corrected chi connectivity index (χ3v) is 5.32. The minimum Gasteiger partial charge on any atom is -0.388 e. The summed E-state index contributed by atoms with van der Waals surface area (Å²) in [7, 11) is 3.25. The van der Waals surface area contributed by atoms with Gasteiger partial charge < -0.3 is 29.6 Å². The van der Waals surface area contributed by atoms with Gasteiger partial charge in [0.1, 0.15) is 11.9 Å². The van der Waals surface area contributed by atoms with Gasteiger partial charge in [0.15, 0.2) is 0 Å². The van der Waals surface area contributed by atoms with E-state index in [0.29, 0.717) is 12.6 Å². The van der Waals surface area contributed by atoms with Crippen molar-refractivity contribution < 1.29 is 14.3 Å². The highest BCUT2D eigenvalue weighted by atomic mass is 16.5. The first-order valence-corrected chi connectivity index (χ1v) is 10.8. The number of carbonyl (C=O) groups excluding carboxylic acids is 1. The van der Waals surface area contributed by atoms with E-state index in [1.165, 1.54) is 12.8 Å². The molecule has 1 aromatic heterocycles. The molecular formula is C23H37N5O3. The number of hydrogen-bond acceptors (Lipinski definition) is 6. The van der Waals surface area contributed by atoms with Crippen LogP contribution in [0.25, 0.3) is 6.08 Å². The van der Waals surface area contributed by atoms with Crippen LogP contribution in [-0.4, -0.2) is 75.2 Å². The lowest BCUT2D eigenvalue weighted by Crippen LogP contribution is -2.43. The molecule has 1 saturated carbocycles. The van der Waals surface area contributed by atoms with Crippen molar-refractivity contribution in [3.8, 4) is 0 Å². The highest BCUT2D eigenvalue weighted by Gasteiger charge is 2.34. The van der Waals surface area contributed by atoms with E-state index < -0.39 is 0 Å². The summed E-state index contributed by atoms with van der Waals surface area (Å²) in [6.07, 6.45) is 7.93. The second kappa shape index (κ2) is 13.1. The summed E-state index contributed by atoms with van der Waals surface area (Å²) >= 11 is 0. The molecule has 0 aromatic carbocycles. The van der Waals surface area contributed by atoms with Gasteiger partial charge in [0.25, 0.3) is 0 Å². The zero-order valence-electron chi connectivity index (χ0n) is 18.9. The van der Waals surface area contributed by atoms with Gasteiger partial charge in [-0.15, -0.1) is 0 Å². The van der Waals surface area contributed by atoms with Gasteiger partial charge in [0, 0.05) is 70.4 Å². The Balaban J connectivity index is 0.00000107. The fraction of sp³-hybridized carbons (Fsp3) is 0.565. The lowest BCUT2D eigenvalue weighted by molar-refractivity contribution is -0.109. The zero-order valence-corrected chi connectivity index (χ0v) is 18.9. The Hall–Kier alpha value is -2.42. The summed E-state index contributed by atoms with van der Waals surface area (Å²) in [5.41, 5.74) is 3.22. The van der Waals surface area contributed by atoms with Crippen LogP contribution in [-0.2, 0) is 27.4 Å². The van der Waals surface area contributed by atoms with E-state index in [9.17, 15) is 4.79 Å². The Morgan fingerprint density at radius 1 is 1.48 bits per heavy atom. The van der Waals surface area contributed by atoms with E-state index in [2.05, 4.69) is 55.9 Å². The molecule has 8 nitrogen and oxygen atoms in total. The van der Waals surface area contributed by atoms with Crippen LogP contribution >= 0.6 is 0 Å². The third-order valence-electron chi connectivity index (χ3n) is 5.32. The number of ether oxygens (including phenoxy) is 2. The Labute approximate surface area is 186 Å². The molecule has 0 radical (unpaired) electrons. The van der Waals surface area contributed by atoms with Gasteiger partial charge >= 0.3 is 0 Å². The minimum absolute atomic E-state index is 0.0232. The van der Waals surface area contributed by atoms with Crippen molar-refractivity contribution in [2.24, 2.45) is 4.99 Å². The van der Waals surface area contributed by atoms with Crippen LogP contribution in [0, 0.1) is 0 Å². The Morgan fingerprint density at radius 2 is 2.23 bits per heavy atom. The summed E-state index contributed by atoms with van der Waals surface area (Å²) in [5.74, 6) is 0.827. The normalized spacial score (nSPS) is 17.8. The summed E-state index contributed by atoms with van der Waals surface area (Å²) < 4.78 is 12.3. The number of methoxy groups -OCH3 is 1. The fourth-order valence-electron chi connectivity index (χ4n) is 3.72. The summed E-state index contributed by atoms with van der Waals surface area (Å²) in [5, 5.41) is 6.08. The average Bonchev–Trinajstić information content (AvgIpc) is 3.57. The van der Waals surface area contributed by atoms with Crippen molar-refractivity contribution in [2.75, 3.05) is 40.5 Å². The van der Waals surface area contributed by atoms with Gasteiger partial charge in [-0.25, -0.2) is 4.99 Å². The third kappa shape index (κ3) is 7.05. The summed E-state index contributed by atoms with van der Waals surface area (Å²) in [4.78, 5) is 17.1. The van der Waals surface area contributed by atoms with Crippen LogP contribution in [0.5, 0.6) is 0 Å². The molecule has 1 saturated heterocycles. The molecular weight excluding hydrogens is 394 g/mol. The van der Waals surface area contributed by atoms with Crippen LogP contribution in [0.15, 0.2) is 30.0 Å². The first-order valence-electron chi connectivity index (χ1n) is 10.8. The fourth-order valence-corrected chi connectivity index (χ4v) is 3.72. The van der Waals surface area contributed by atoms with E-state index in [4.69, 9.17) is 4.74 Å². The van der Waals surface area contributed by atoms with Crippen molar-refractivity contribution in [1.82, 2.24) is 20.1 Å². The predicted octanol–water partition coefficient (Wildman–Crippen LogP) is 2.33. The predicted molar refractivity (Wildman–Crippen MR) is 126 cm³/mol. The van der Waals surface area contributed by atoms with Gasteiger partial charge in [-0.2, -0.15) is 0 Å². The van der Waals surface area contributed by atoms with Gasteiger partial charge in [-0.3, -0.25) is 4.79 Å². The van der Waals surface area contributed by atoms with E-state index >= 15 is 0 Å². The maximum Gasteiger partial charge on any atom is 0.207 e. The second-order valence-electron chi connectivity index (χ2n) is 7.69. The van der Waals surface area contributed by atoms with E-state index in [1.54, 1.807) is 14.2 Å². The maximum absolute atomic E-state index is 10.4. The maximum atomic E-state index is 10.4. The second-order valence-corrected chi connectivity index (χ2v) is 7.69. The summed E-state index contributed by atoms with van der Waals surface area (Å²) in [6, 6.07) is 0.524. The monoisotopic (exact) mass is 431 g/mol. The number of aliphatic imine (C=N–C) groups is 1. The van der Waals surface area contributed by atoms with E-state index in [0.717, 1.165) is 68.3 Å². The molecule has 8 heteroatoms. The van der Waals surface area contributed by atoms with Crippen molar-refractivity contribution in [3.05, 3.63) is 36.2 Å². The smallest absolute Gasteiger partial charge is 0.207 e. The van der Waals surface area contributed by atoms with Crippen molar-refractivity contribution in [1.29, 1.82) is 0 Å². The molecule has 0 spiro atoms. The molecule has 2 fully saturated rings. The lowest BCUT2D eigenvalue weighted by atomic mass is 10.1. The Morgan fingerprint density at radius 3 is 2.77 bits per heavy atom. The highest BCUT2D eigenvalue weighted by Crippen LogP contribution is 2.35. The van der Waals surface area contributed by atoms with Gasteiger partial charge in [-0.1, -0.05) is 19.2 Å². The standard InChI is InChI=1S/C21H31N5O2.C2H6O/c1-4-19-17(13-25(21(19)22-3)10-5-8-24-15-27)14-26(18-6-7-18)16(2)20-12-23-9-11-28-20;1-3-2/h4,13,15,18,20,23H,1-3,5-12,14H2,(H,24,27);1-2H3. The Bertz CT molecular complexity index is 736. The molecule has 1 unspecified atom stereocenters. The van der Waals surface area contributed by atoms with Crippen molar-refractivity contribution in [2.45, 2.75) is 44.5 Å². The molecule has 1 amide bonds. The molecule has 1 aliphatic heterocycles. The quantitative estimate of drug-likeness (QED) is 0.302. The molecule has 1 aliphatic carbocycles. The molecule has 0 bridgehead atoms. The van der Waals surface area contributed by atoms with Gasteiger partial charge in [0.2, 0.25) is 6.41 Å². The highest BCUT2D eigenvalue weighted by molar-refractivity contribution is 5.66. The van der Waals surface area contributed by atoms with Crippen LogP contribution < -0.4 is 10.6 Å². The van der Waals surface area contributed by atoms with E-state index in [1.807, 2.05) is 6.08 Å². The molecule has 1 aromatic rings. The lowest BCUT2D eigenvalue weighted by Gasteiger charge is -2.34. The topological polar surface area (TPSA) is 80.1 Å².